The Labute approximate surface area is 213 Å². The molecule has 5 heterocycles. The molecule has 0 amide bonds. The van der Waals surface area contributed by atoms with Gasteiger partial charge in [0.1, 0.15) is 10.0 Å². The highest BCUT2D eigenvalue weighted by Crippen LogP contribution is 2.41. The molecule has 0 bridgehead atoms. The van der Waals surface area contributed by atoms with Crippen molar-refractivity contribution in [1.82, 2.24) is 34.2 Å². The van der Waals surface area contributed by atoms with Crippen LogP contribution in [0.1, 0.15) is 49.0 Å². The summed E-state index contributed by atoms with van der Waals surface area (Å²) in [6.45, 7) is 7.61. The van der Waals surface area contributed by atoms with E-state index in [1.807, 2.05) is 18.4 Å². The highest BCUT2D eigenvalue weighted by atomic mass is 35.5. The van der Waals surface area contributed by atoms with E-state index in [1.54, 1.807) is 7.05 Å². The van der Waals surface area contributed by atoms with Crippen LogP contribution in [0, 0.1) is 5.92 Å². The van der Waals surface area contributed by atoms with E-state index < -0.39 is 0 Å². The molecule has 3 aromatic rings. The highest BCUT2D eigenvalue weighted by Gasteiger charge is 2.40. The van der Waals surface area contributed by atoms with E-state index in [0.717, 1.165) is 49.9 Å². The minimum atomic E-state index is -0.374. The Kier molecular flexibility index (Phi) is 6.35. The van der Waals surface area contributed by atoms with Crippen LogP contribution in [0.4, 0.5) is 5.95 Å². The number of allylic oxidation sites excluding steroid dienone is 2. The van der Waals surface area contributed by atoms with Gasteiger partial charge in [-0.3, -0.25) is 13.9 Å². The van der Waals surface area contributed by atoms with Crippen molar-refractivity contribution in [1.29, 1.82) is 0 Å². The monoisotopic (exact) mass is 518 g/mol. The minimum absolute atomic E-state index is 0. The molecule has 188 valence electrons. The van der Waals surface area contributed by atoms with Crippen LogP contribution in [0.2, 0.25) is 0 Å². The number of rotatable bonds is 6. The van der Waals surface area contributed by atoms with Gasteiger partial charge in [0, 0.05) is 45.2 Å². The number of nitrogens with zero attached hydrogens (tertiary/aromatic N) is 7. The van der Waals surface area contributed by atoms with E-state index in [4.69, 9.17) is 4.98 Å². The number of imidazole rings is 1. The van der Waals surface area contributed by atoms with Crippen molar-refractivity contribution in [3.8, 4) is 0 Å². The molecule has 0 radical (unpaired) electrons. The fourth-order valence-electron chi connectivity index (χ4n) is 5.22. The number of aromatic nitrogens is 6. The van der Waals surface area contributed by atoms with Gasteiger partial charge in [0.2, 0.25) is 5.95 Å². The maximum Gasteiger partial charge on any atom is 0.332 e. The summed E-state index contributed by atoms with van der Waals surface area (Å²) in [7, 11) is 1.70. The van der Waals surface area contributed by atoms with Crippen molar-refractivity contribution >= 4 is 40.9 Å². The minimum Gasteiger partial charge on any atom is -0.338 e. The zero-order chi connectivity index (χ0) is 23.6. The third-order valence-corrected chi connectivity index (χ3v) is 8.37. The Morgan fingerprint density at radius 2 is 1.94 bits per heavy atom. The predicted molar refractivity (Wildman–Crippen MR) is 139 cm³/mol. The normalized spacial score (nSPS) is 21.4. The van der Waals surface area contributed by atoms with Gasteiger partial charge in [-0.05, 0) is 39.0 Å². The van der Waals surface area contributed by atoms with E-state index in [0.29, 0.717) is 40.6 Å². The van der Waals surface area contributed by atoms with Crippen molar-refractivity contribution in [2.75, 3.05) is 24.5 Å². The van der Waals surface area contributed by atoms with Crippen LogP contribution in [0.25, 0.3) is 11.2 Å². The lowest BCUT2D eigenvalue weighted by molar-refractivity contribution is 0.573. The van der Waals surface area contributed by atoms with E-state index >= 15 is 0 Å². The molecule has 0 aromatic carbocycles. The lowest BCUT2D eigenvalue weighted by Crippen LogP contribution is -2.40. The number of halogens is 1. The molecule has 3 aromatic heterocycles. The van der Waals surface area contributed by atoms with Gasteiger partial charge < -0.3 is 14.8 Å². The molecule has 10 nitrogen and oxygen atoms in total. The van der Waals surface area contributed by atoms with Crippen LogP contribution in [-0.2, 0) is 20.1 Å². The zero-order valence-electron chi connectivity index (χ0n) is 20.2. The molecule has 2 aliphatic heterocycles. The summed E-state index contributed by atoms with van der Waals surface area (Å²) in [5, 5.41) is 13.7. The Hall–Kier alpha value is -2.50. The number of nitrogens with one attached hydrogen (secondary N) is 1. The molecule has 1 saturated carbocycles. The largest absolute Gasteiger partial charge is 0.338 e. The zero-order valence-corrected chi connectivity index (χ0v) is 21.9. The summed E-state index contributed by atoms with van der Waals surface area (Å²) in [6, 6.07) is 0.365. The third kappa shape index (κ3) is 4.13. The Morgan fingerprint density at radius 3 is 2.69 bits per heavy atom. The first kappa shape index (κ1) is 24.2. The lowest BCUT2D eigenvalue weighted by Gasteiger charge is -2.25. The molecular weight excluding hydrogens is 488 g/mol. The topological polar surface area (TPSA) is 103 Å². The lowest BCUT2D eigenvalue weighted by atomic mass is 10.1. The maximum atomic E-state index is 13.8. The number of anilines is 1. The fraction of sp³-hybridized carbons (Fsp3) is 0.609. The first-order valence-corrected chi connectivity index (χ1v) is 12.9. The summed E-state index contributed by atoms with van der Waals surface area (Å²) in [5.41, 5.74) is 1.38. The average molecular weight is 519 g/mol. The molecule has 0 spiro atoms. The highest BCUT2D eigenvalue weighted by molar-refractivity contribution is 7.11. The Bertz CT molecular complexity index is 1410. The number of hydrogen-bond donors (Lipinski definition) is 1. The predicted octanol–water partition coefficient (Wildman–Crippen LogP) is 1.86. The molecule has 2 unspecified atom stereocenters. The van der Waals surface area contributed by atoms with E-state index in [2.05, 4.69) is 26.5 Å². The first-order valence-electron chi connectivity index (χ1n) is 12.1. The summed E-state index contributed by atoms with van der Waals surface area (Å²) in [5.74, 6) is 1.87. The molecule has 3 aliphatic rings. The summed E-state index contributed by atoms with van der Waals surface area (Å²) >= 11 is 1.50. The molecular formula is C23H31ClN8O2S. The second kappa shape index (κ2) is 9.18. The SMILES string of the molecule is CC(C)=CCn1c(N2CCC3CNCC32)nc2c1c(=O)n(Cc1nnc(C3CC3)s1)c(=O)n2C.Cl. The second-order valence-electron chi connectivity index (χ2n) is 9.99. The van der Waals surface area contributed by atoms with Crippen LogP contribution in [0.3, 0.4) is 0 Å². The van der Waals surface area contributed by atoms with Gasteiger partial charge >= 0.3 is 5.69 Å². The van der Waals surface area contributed by atoms with Crippen molar-refractivity contribution < 1.29 is 0 Å². The van der Waals surface area contributed by atoms with Crippen molar-refractivity contribution in [3.63, 3.8) is 0 Å². The molecule has 2 saturated heterocycles. The van der Waals surface area contributed by atoms with Crippen molar-refractivity contribution in [3.05, 3.63) is 42.5 Å². The molecule has 2 atom stereocenters. The average Bonchev–Trinajstić information content (AvgIpc) is 3.17. The quantitative estimate of drug-likeness (QED) is 0.497. The fourth-order valence-corrected chi connectivity index (χ4v) is 6.22. The number of fused-ring (bicyclic) bond motifs is 2. The van der Waals surface area contributed by atoms with E-state index in [9.17, 15) is 9.59 Å². The first-order chi connectivity index (χ1) is 16.4. The van der Waals surface area contributed by atoms with Gasteiger partial charge in [0.05, 0.1) is 6.54 Å². The third-order valence-electron chi connectivity index (χ3n) is 7.30. The van der Waals surface area contributed by atoms with Gasteiger partial charge in [-0.15, -0.1) is 22.6 Å². The standard InChI is InChI=1S/C23H30N8O2S.ClH/c1-13(2)6-8-30-18-19(25-22(30)29-9-7-15-10-24-11-16(15)29)28(3)23(33)31(21(18)32)12-17-26-27-20(34-17)14-4-5-14;/h6,14-16,24H,4-5,7-12H2,1-3H3;1H. The van der Waals surface area contributed by atoms with E-state index in [1.165, 1.54) is 26.0 Å². The molecule has 35 heavy (non-hydrogen) atoms. The maximum absolute atomic E-state index is 13.8. The van der Waals surface area contributed by atoms with Crippen LogP contribution in [0.15, 0.2) is 21.2 Å². The van der Waals surface area contributed by atoms with Crippen LogP contribution < -0.4 is 21.5 Å². The van der Waals surface area contributed by atoms with Crippen molar-refractivity contribution in [2.24, 2.45) is 13.0 Å². The van der Waals surface area contributed by atoms with Crippen LogP contribution >= 0.6 is 23.7 Å². The van der Waals surface area contributed by atoms with Crippen molar-refractivity contribution in [2.45, 2.75) is 58.2 Å². The molecule has 3 fully saturated rings. The van der Waals surface area contributed by atoms with Crippen LogP contribution in [0.5, 0.6) is 0 Å². The summed E-state index contributed by atoms with van der Waals surface area (Å²) in [4.78, 5) is 34.2. The van der Waals surface area contributed by atoms with Gasteiger partial charge in [-0.2, -0.15) is 4.98 Å². The molecule has 6 rings (SSSR count). The number of aryl methyl sites for hydroxylation is 1. The molecule has 1 aliphatic carbocycles. The van der Waals surface area contributed by atoms with Gasteiger partial charge in [0.15, 0.2) is 11.2 Å². The second-order valence-corrected chi connectivity index (χ2v) is 11.1. The Morgan fingerprint density at radius 1 is 1.14 bits per heavy atom. The molecule has 1 N–H and O–H groups in total. The van der Waals surface area contributed by atoms with Gasteiger partial charge in [-0.1, -0.05) is 23.0 Å². The number of hydrogen-bond acceptors (Lipinski definition) is 8. The molecule has 12 heteroatoms. The Balaban J connectivity index is 0.00000253. The van der Waals surface area contributed by atoms with E-state index in [-0.39, 0.29) is 30.2 Å². The van der Waals surface area contributed by atoms with Gasteiger partial charge in [0.25, 0.3) is 5.56 Å². The summed E-state index contributed by atoms with van der Waals surface area (Å²) < 4.78 is 4.79. The van der Waals surface area contributed by atoms with Crippen LogP contribution in [-0.4, -0.2) is 54.6 Å². The smallest absolute Gasteiger partial charge is 0.332 e. The van der Waals surface area contributed by atoms with Gasteiger partial charge in [-0.25, -0.2) is 4.79 Å². The summed E-state index contributed by atoms with van der Waals surface area (Å²) in [6.07, 6.45) is 5.49.